The van der Waals surface area contributed by atoms with E-state index < -0.39 is 11.7 Å². The minimum absolute atomic E-state index is 0.0203. The Morgan fingerprint density at radius 2 is 1.83 bits per heavy atom. The van der Waals surface area contributed by atoms with E-state index in [-0.39, 0.29) is 23.3 Å². The van der Waals surface area contributed by atoms with E-state index >= 15 is 0 Å². The van der Waals surface area contributed by atoms with Gasteiger partial charge < -0.3 is 5.32 Å². The molecule has 0 amide bonds. The van der Waals surface area contributed by atoms with Crippen LogP contribution in [0.4, 0.5) is 24.8 Å². The zero-order valence-electron chi connectivity index (χ0n) is 15.6. The van der Waals surface area contributed by atoms with E-state index in [1.165, 1.54) is 18.3 Å². The number of aromatic nitrogens is 2. The lowest BCUT2D eigenvalue weighted by atomic mass is 9.82. The van der Waals surface area contributed by atoms with Gasteiger partial charge in [-0.15, -0.1) is 0 Å². The number of nitrogens with zero attached hydrogens (tertiary/aromatic N) is 2. The molecule has 1 aliphatic carbocycles. The van der Waals surface area contributed by atoms with Gasteiger partial charge in [0.1, 0.15) is 0 Å². The summed E-state index contributed by atoms with van der Waals surface area (Å²) >= 11 is 0. The lowest BCUT2D eigenvalue weighted by Crippen LogP contribution is -2.21. The lowest BCUT2D eigenvalue weighted by molar-refractivity contribution is -0.137. The van der Waals surface area contributed by atoms with Gasteiger partial charge >= 0.3 is 6.18 Å². The molecule has 3 aromatic rings. The van der Waals surface area contributed by atoms with E-state index in [0.717, 1.165) is 23.3 Å². The van der Waals surface area contributed by atoms with Crippen LogP contribution in [-0.2, 0) is 12.6 Å². The largest absolute Gasteiger partial charge is 0.416 e. The van der Waals surface area contributed by atoms with Gasteiger partial charge in [-0.2, -0.15) is 13.2 Å². The molecule has 148 valence electrons. The van der Waals surface area contributed by atoms with E-state index in [0.29, 0.717) is 24.1 Å². The molecule has 0 spiro atoms. The smallest absolute Gasteiger partial charge is 0.324 e. The van der Waals surface area contributed by atoms with Crippen LogP contribution in [0, 0.1) is 6.92 Å². The highest BCUT2D eigenvalue weighted by atomic mass is 19.4. The van der Waals surface area contributed by atoms with E-state index in [2.05, 4.69) is 15.3 Å². The van der Waals surface area contributed by atoms with Gasteiger partial charge in [0.25, 0.3) is 0 Å². The van der Waals surface area contributed by atoms with E-state index in [1.54, 1.807) is 0 Å². The first-order chi connectivity index (χ1) is 13.8. The first-order valence-electron chi connectivity index (χ1n) is 9.19. The van der Waals surface area contributed by atoms with Crippen molar-refractivity contribution in [2.45, 2.75) is 31.9 Å². The molecule has 0 unspecified atom stereocenters. The number of carbonyl (C=O) groups is 1. The van der Waals surface area contributed by atoms with Gasteiger partial charge in [0, 0.05) is 18.3 Å². The first kappa shape index (κ1) is 19.1. The molecule has 1 heterocycles. The van der Waals surface area contributed by atoms with Gasteiger partial charge in [0.05, 0.1) is 16.8 Å². The molecule has 7 heteroatoms. The van der Waals surface area contributed by atoms with Crippen LogP contribution >= 0.6 is 0 Å². The molecule has 0 radical (unpaired) electrons. The molecule has 0 saturated heterocycles. The summed E-state index contributed by atoms with van der Waals surface area (Å²) in [6.45, 7) is 2.00. The minimum Gasteiger partial charge on any atom is -0.324 e. The standard InChI is InChI=1S/C22H18F3N3O/c1-13-5-7-14(8-6-13)15-9-19-18(20(29)10-15)12-26-21(28-19)27-17-4-2-3-16(11-17)22(23,24)25/h2-8,11-12,15H,9-10H2,1H3,(H,26,27,28)/t15-/m1/s1. The zero-order chi connectivity index (χ0) is 20.6. The van der Waals surface area contributed by atoms with Crippen molar-refractivity contribution in [2.24, 2.45) is 0 Å². The second-order valence-corrected chi connectivity index (χ2v) is 7.20. The maximum Gasteiger partial charge on any atom is 0.416 e. The van der Waals surface area contributed by atoms with Crippen molar-refractivity contribution in [2.75, 3.05) is 5.32 Å². The Labute approximate surface area is 165 Å². The lowest BCUT2D eigenvalue weighted by Gasteiger charge is -2.23. The number of ketones is 1. The van der Waals surface area contributed by atoms with E-state index in [4.69, 9.17) is 0 Å². The molecule has 1 N–H and O–H groups in total. The molecule has 0 bridgehead atoms. The van der Waals surface area contributed by atoms with Crippen molar-refractivity contribution in [1.29, 1.82) is 0 Å². The molecule has 0 fully saturated rings. The fourth-order valence-corrected chi connectivity index (χ4v) is 3.48. The number of benzene rings is 2. The summed E-state index contributed by atoms with van der Waals surface area (Å²) in [5, 5.41) is 2.81. The third kappa shape index (κ3) is 4.13. The number of carbonyl (C=O) groups excluding carboxylic acids is 1. The SMILES string of the molecule is Cc1ccc([C@H]2CC(=O)c3cnc(Nc4cccc(C(F)(F)F)c4)nc3C2)cc1. The molecule has 1 aromatic heterocycles. The Balaban J connectivity index is 1.59. The van der Waals surface area contributed by atoms with E-state index in [1.807, 2.05) is 31.2 Å². The average molecular weight is 397 g/mol. The van der Waals surface area contributed by atoms with Crippen molar-refractivity contribution in [3.8, 4) is 0 Å². The van der Waals surface area contributed by atoms with Crippen molar-refractivity contribution < 1.29 is 18.0 Å². The number of hydrogen-bond acceptors (Lipinski definition) is 4. The Bertz CT molecular complexity index is 1060. The Hall–Kier alpha value is -3.22. The van der Waals surface area contributed by atoms with Crippen LogP contribution in [0.2, 0.25) is 0 Å². The molecule has 1 aliphatic rings. The summed E-state index contributed by atoms with van der Waals surface area (Å²) in [6.07, 6.45) is -2.02. The summed E-state index contributed by atoms with van der Waals surface area (Å²) in [4.78, 5) is 21.1. The monoisotopic (exact) mass is 397 g/mol. The predicted molar refractivity (Wildman–Crippen MR) is 103 cm³/mol. The second-order valence-electron chi connectivity index (χ2n) is 7.20. The molecule has 29 heavy (non-hydrogen) atoms. The second kappa shape index (κ2) is 7.31. The normalized spacial score (nSPS) is 16.4. The van der Waals surface area contributed by atoms with Gasteiger partial charge in [-0.05, 0) is 43.0 Å². The topological polar surface area (TPSA) is 54.9 Å². The van der Waals surface area contributed by atoms with Crippen molar-refractivity contribution in [3.63, 3.8) is 0 Å². The molecular formula is C22H18F3N3O. The summed E-state index contributed by atoms with van der Waals surface area (Å²) in [6, 6.07) is 12.9. The number of anilines is 2. The third-order valence-electron chi connectivity index (χ3n) is 5.03. The summed E-state index contributed by atoms with van der Waals surface area (Å²) in [7, 11) is 0. The van der Waals surface area contributed by atoms with Crippen molar-refractivity contribution >= 4 is 17.4 Å². The molecule has 4 rings (SSSR count). The maximum atomic E-state index is 12.9. The van der Waals surface area contributed by atoms with E-state index in [9.17, 15) is 18.0 Å². The van der Waals surface area contributed by atoms with Crippen LogP contribution < -0.4 is 5.32 Å². The molecule has 0 aliphatic heterocycles. The van der Waals surface area contributed by atoms with Crippen LogP contribution in [0.5, 0.6) is 0 Å². The number of alkyl halides is 3. The summed E-state index contributed by atoms with van der Waals surface area (Å²) in [5.41, 5.74) is 2.78. The summed E-state index contributed by atoms with van der Waals surface area (Å²) in [5.74, 6) is 0.162. The van der Waals surface area contributed by atoms with Gasteiger partial charge in [-0.1, -0.05) is 35.9 Å². The number of halogens is 3. The number of hydrogen-bond donors (Lipinski definition) is 1. The quantitative estimate of drug-likeness (QED) is 0.638. The van der Waals surface area contributed by atoms with Gasteiger partial charge in [0.2, 0.25) is 5.95 Å². The molecule has 2 aromatic carbocycles. The van der Waals surface area contributed by atoms with Crippen LogP contribution in [0.1, 0.15) is 45.1 Å². The average Bonchev–Trinajstić information content (AvgIpc) is 2.68. The van der Waals surface area contributed by atoms with Crippen LogP contribution in [0.15, 0.2) is 54.7 Å². The third-order valence-corrected chi connectivity index (χ3v) is 5.03. The highest BCUT2D eigenvalue weighted by molar-refractivity contribution is 5.98. The van der Waals surface area contributed by atoms with Crippen molar-refractivity contribution in [1.82, 2.24) is 9.97 Å². The zero-order valence-corrected chi connectivity index (χ0v) is 15.6. The summed E-state index contributed by atoms with van der Waals surface area (Å²) < 4.78 is 38.7. The fraction of sp³-hybridized carbons (Fsp3) is 0.227. The minimum atomic E-state index is -4.43. The maximum absolute atomic E-state index is 12.9. The highest BCUT2D eigenvalue weighted by Gasteiger charge is 2.31. The van der Waals surface area contributed by atoms with Gasteiger partial charge in [-0.3, -0.25) is 4.79 Å². The fourth-order valence-electron chi connectivity index (χ4n) is 3.48. The van der Waals surface area contributed by atoms with Crippen molar-refractivity contribution in [3.05, 3.63) is 82.7 Å². The Kier molecular flexibility index (Phi) is 4.82. The number of fused-ring (bicyclic) bond motifs is 1. The molecule has 4 nitrogen and oxygen atoms in total. The van der Waals surface area contributed by atoms with Crippen LogP contribution in [0.25, 0.3) is 0 Å². The highest BCUT2D eigenvalue weighted by Crippen LogP contribution is 2.33. The predicted octanol–water partition coefficient (Wildman–Crippen LogP) is 5.46. The molecule has 1 atom stereocenters. The van der Waals surface area contributed by atoms with Crippen LogP contribution in [-0.4, -0.2) is 15.8 Å². The number of Topliss-reactive ketones (excluding diaryl/α,β-unsaturated/α-hetero) is 1. The van der Waals surface area contributed by atoms with Crippen LogP contribution in [0.3, 0.4) is 0 Å². The number of aryl methyl sites for hydroxylation is 1. The molecule has 0 saturated carbocycles. The first-order valence-corrected chi connectivity index (χ1v) is 9.19. The Morgan fingerprint density at radius 1 is 1.07 bits per heavy atom. The van der Waals surface area contributed by atoms with Gasteiger partial charge in [-0.25, -0.2) is 9.97 Å². The number of rotatable bonds is 3. The number of nitrogens with one attached hydrogen (secondary N) is 1. The Morgan fingerprint density at radius 3 is 2.55 bits per heavy atom. The molecular weight excluding hydrogens is 379 g/mol. The van der Waals surface area contributed by atoms with Gasteiger partial charge in [0.15, 0.2) is 5.78 Å².